The van der Waals surface area contributed by atoms with E-state index in [1.54, 1.807) is 6.07 Å². The summed E-state index contributed by atoms with van der Waals surface area (Å²) in [5.41, 5.74) is 6.48. The lowest BCUT2D eigenvalue weighted by Gasteiger charge is -2.20. The minimum atomic E-state index is -0.222. The van der Waals surface area contributed by atoms with Gasteiger partial charge in [0.05, 0.1) is 16.8 Å². The molecule has 0 spiro atoms. The van der Waals surface area contributed by atoms with Crippen LogP contribution in [-0.4, -0.2) is 34.8 Å². The number of aryl methyl sites for hydroxylation is 2. The molecule has 36 heavy (non-hydrogen) atoms. The van der Waals surface area contributed by atoms with E-state index in [4.69, 9.17) is 4.98 Å². The summed E-state index contributed by atoms with van der Waals surface area (Å²) in [6, 6.07) is 23.2. The number of hydrogen-bond acceptors (Lipinski definition) is 3. The van der Waals surface area contributed by atoms with Crippen LogP contribution < -0.4 is 5.32 Å². The van der Waals surface area contributed by atoms with Crippen LogP contribution in [0.1, 0.15) is 57.5 Å². The van der Waals surface area contributed by atoms with Crippen molar-refractivity contribution in [2.24, 2.45) is 0 Å². The fraction of sp³-hybridized carbons (Fsp3) is 0.258. The van der Waals surface area contributed by atoms with Gasteiger partial charge in [-0.2, -0.15) is 0 Å². The highest BCUT2D eigenvalue weighted by atomic mass is 16.2. The predicted molar refractivity (Wildman–Crippen MR) is 145 cm³/mol. The van der Waals surface area contributed by atoms with E-state index in [-0.39, 0.29) is 11.8 Å². The number of nitrogens with zero attached hydrogens (tertiary/aromatic N) is 2. The smallest absolute Gasteiger partial charge is 0.256 e. The number of aromatic nitrogens is 1. The van der Waals surface area contributed by atoms with Gasteiger partial charge in [-0.1, -0.05) is 60.4 Å². The molecule has 1 fully saturated rings. The van der Waals surface area contributed by atoms with Crippen molar-refractivity contribution >= 4 is 28.4 Å². The second-order valence-electron chi connectivity index (χ2n) is 9.68. The minimum absolute atomic E-state index is 0.0274. The van der Waals surface area contributed by atoms with Crippen molar-refractivity contribution in [3.63, 3.8) is 0 Å². The molecule has 1 N–H and O–H groups in total. The van der Waals surface area contributed by atoms with Crippen LogP contribution in [0.2, 0.25) is 0 Å². The summed E-state index contributed by atoms with van der Waals surface area (Å²) in [4.78, 5) is 33.4. The zero-order chi connectivity index (χ0) is 25.1. The first kappa shape index (κ1) is 23.7. The number of anilines is 1. The minimum Gasteiger partial charge on any atom is -0.339 e. The number of likely N-dealkylation sites (tertiary alicyclic amines) is 1. The molecule has 1 aliphatic rings. The summed E-state index contributed by atoms with van der Waals surface area (Å²) in [6.07, 6.45) is 4.42. The van der Waals surface area contributed by atoms with Gasteiger partial charge >= 0.3 is 0 Å². The van der Waals surface area contributed by atoms with Crippen molar-refractivity contribution in [2.45, 2.75) is 39.5 Å². The van der Waals surface area contributed by atoms with E-state index in [1.165, 1.54) is 18.4 Å². The average molecular weight is 478 g/mol. The second-order valence-corrected chi connectivity index (χ2v) is 9.68. The topological polar surface area (TPSA) is 62.3 Å². The average Bonchev–Trinajstić information content (AvgIpc) is 3.18. The number of nitrogens with one attached hydrogen (secondary N) is 1. The third-order valence-corrected chi connectivity index (χ3v) is 6.82. The molecule has 0 unspecified atom stereocenters. The lowest BCUT2D eigenvalue weighted by Crippen LogP contribution is -2.31. The number of hydrogen-bond donors (Lipinski definition) is 1. The fourth-order valence-corrected chi connectivity index (χ4v) is 4.78. The van der Waals surface area contributed by atoms with Gasteiger partial charge in [0.1, 0.15) is 0 Å². The zero-order valence-electron chi connectivity index (χ0n) is 20.9. The van der Waals surface area contributed by atoms with Crippen LogP contribution in [0.15, 0.2) is 72.8 Å². The molecular weight excluding hydrogens is 446 g/mol. The lowest BCUT2D eigenvalue weighted by atomic mass is 10.0. The lowest BCUT2D eigenvalue weighted by molar-refractivity contribution is 0.0761. The molecule has 5 rings (SSSR count). The van der Waals surface area contributed by atoms with Gasteiger partial charge in [-0.25, -0.2) is 4.98 Å². The van der Waals surface area contributed by atoms with E-state index in [9.17, 15) is 9.59 Å². The Balaban J connectivity index is 1.46. The predicted octanol–water partition coefficient (Wildman–Crippen LogP) is 6.79. The first-order chi connectivity index (χ1) is 17.5. The molecule has 0 radical (unpaired) electrons. The van der Waals surface area contributed by atoms with Gasteiger partial charge in [-0.15, -0.1) is 0 Å². The van der Waals surface area contributed by atoms with Crippen LogP contribution in [0, 0.1) is 13.8 Å². The van der Waals surface area contributed by atoms with Gasteiger partial charge in [0.25, 0.3) is 11.8 Å². The Labute approximate surface area is 212 Å². The van der Waals surface area contributed by atoms with Gasteiger partial charge < -0.3 is 10.2 Å². The van der Waals surface area contributed by atoms with Gasteiger partial charge in [0, 0.05) is 35.3 Å². The van der Waals surface area contributed by atoms with Crippen LogP contribution in [0.4, 0.5) is 5.69 Å². The van der Waals surface area contributed by atoms with Crippen LogP contribution in [0.5, 0.6) is 0 Å². The summed E-state index contributed by atoms with van der Waals surface area (Å²) < 4.78 is 0. The van der Waals surface area contributed by atoms with E-state index in [0.717, 1.165) is 53.7 Å². The molecule has 0 aliphatic carbocycles. The van der Waals surface area contributed by atoms with Gasteiger partial charge in [-0.3, -0.25) is 9.59 Å². The Bertz CT molecular complexity index is 1420. The normalized spacial score (nSPS) is 13.9. The molecule has 182 valence electrons. The molecule has 0 atom stereocenters. The number of fused-ring (bicyclic) bond motifs is 1. The summed E-state index contributed by atoms with van der Waals surface area (Å²) in [7, 11) is 0. The molecule has 1 aromatic heterocycles. The molecule has 3 aromatic carbocycles. The van der Waals surface area contributed by atoms with Crippen molar-refractivity contribution in [3.8, 4) is 11.3 Å². The highest BCUT2D eigenvalue weighted by molar-refractivity contribution is 6.13. The Kier molecular flexibility index (Phi) is 6.81. The molecule has 2 amide bonds. The molecule has 1 aliphatic heterocycles. The SMILES string of the molecule is Cc1ccc(-c2cc(C(=O)Nc3cccc(C(=O)N4CCCCCC4)c3)c3cc(C)ccc3n2)cc1. The molecule has 4 aromatic rings. The highest BCUT2D eigenvalue weighted by Crippen LogP contribution is 2.27. The highest BCUT2D eigenvalue weighted by Gasteiger charge is 2.19. The number of carbonyl (C=O) groups is 2. The van der Waals surface area contributed by atoms with Crippen LogP contribution in [0.3, 0.4) is 0 Å². The Morgan fingerprint density at radius 2 is 1.53 bits per heavy atom. The third kappa shape index (κ3) is 5.15. The molecule has 1 saturated heterocycles. The third-order valence-electron chi connectivity index (χ3n) is 6.82. The van der Waals surface area contributed by atoms with Crippen molar-refractivity contribution < 1.29 is 9.59 Å². The first-order valence-corrected chi connectivity index (χ1v) is 12.7. The second kappa shape index (κ2) is 10.3. The summed E-state index contributed by atoms with van der Waals surface area (Å²) in [5, 5.41) is 3.84. The van der Waals surface area contributed by atoms with E-state index in [2.05, 4.69) is 5.32 Å². The Morgan fingerprint density at radius 1 is 0.806 bits per heavy atom. The number of carbonyl (C=O) groups excluding carboxylic acids is 2. The number of rotatable bonds is 4. The molecular formula is C31H31N3O2. The molecule has 2 heterocycles. The Morgan fingerprint density at radius 3 is 2.28 bits per heavy atom. The fourth-order valence-electron chi connectivity index (χ4n) is 4.78. The van der Waals surface area contributed by atoms with E-state index < -0.39 is 0 Å². The van der Waals surface area contributed by atoms with Crippen LogP contribution in [0.25, 0.3) is 22.2 Å². The maximum Gasteiger partial charge on any atom is 0.256 e. The first-order valence-electron chi connectivity index (χ1n) is 12.7. The number of benzene rings is 3. The maximum absolute atomic E-state index is 13.6. The van der Waals surface area contributed by atoms with Gasteiger partial charge in [0.15, 0.2) is 0 Å². The quantitative estimate of drug-likeness (QED) is 0.352. The van der Waals surface area contributed by atoms with Gasteiger partial charge in [-0.05, 0) is 63.1 Å². The van der Waals surface area contributed by atoms with E-state index in [0.29, 0.717) is 16.8 Å². The van der Waals surface area contributed by atoms with Crippen LogP contribution >= 0.6 is 0 Å². The summed E-state index contributed by atoms with van der Waals surface area (Å²) >= 11 is 0. The summed E-state index contributed by atoms with van der Waals surface area (Å²) in [6.45, 7) is 5.64. The largest absolute Gasteiger partial charge is 0.339 e. The van der Waals surface area contributed by atoms with Crippen molar-refractivity contribution in [3.05, 3.63) is 95.1 Å². The molecule has 0 bridgehead atoms. The summed E-state index contributed by atoms with van der Waals surface area (Å²) in [5.74, 6) is -0.194. The standard InChI is InChI=1S/C31H31N3O2/c1-21-10-13-23(14-11-21)29-20-27(26-18-22(2)12-15-28(26)33-29)30(35)32-25-9-7-8-24(19-25)31(36)34-16-5-3-4-6-17-34/h7-15,18-20H,3-6,16-17H2,1-2H3,(H,32,35). The molecule has 5 nitrogen and oxygen atoms in total. The maximum atomic E-state index is 13.6. The van der Waals surface area contributed by atoms with E-state index >= 15 is 0 Å². The van der Waals surface area contributed by atoms with Gasteiger partial charge in [0.2, 0.25) is 0 Å². The monoisotopic (exact) mass is 477 g/mol. The number of amides is 2. The van der Waals surface area contributed by atoms with E-state index in [1.807, 2.05) is 85.5 Å². The number of pyridine rings is 1. The van der Waals surface area contributed by atoms with Crippen molar-refractivity contribution in [1.82, 2.24) is 9.88 Å². The van der Waals surface area contributed by atoms with Crippen molar-refractivity contribution in [2.75, 3.05) is 18.4 Å². The van der Waals surface area contributed by atoms with Crippen LogP contribution in [-0.2, 0) is 0 Å². The van der Waals surface area contributed by atoms with Crippen molar-refractivity contribution in [1.29, 1.82) is 0 Å². The Hall–Kier alpha value is -3.99. The molecule has 5 heteroatoms. The zero-order valence-corrected chi connectivity index (χ0v) is 20.9. The molecule has 0 saturated carbocycles.